The minimum absolute atomic E-state index is 0.0381. The van der Waals surface area contributed by atoms with Crippen LogP contribution in [-0.2, 0) is 19.3 Å². The van der Waals surface area contributed by atoms with Crippen molar-refractivity contribution in [3.05, 3.63) is 70.0 Å². The zero-order chi connectivity index (χ0) is 20.9. The number of halogens is 1. The molecular weight excluding hydrogens is 367 g/mol. The highest BCUT2D eigenvalue weighted by atomic mass is 19.1. The molecule has 2 aromatic carbocycles. The Balaban J connectivity index is 1.38. The van der Waals surface area contributed by atoms with Gasteiger partial charge >= 0.3 is 0 Å². The third kappa shape index (κ3) is 4.98. The van der Waals surface area contributed by atoms with Crippen LogP contribution in [0, 0.1) is 11.7 Å². The van der Waals surface area contributed by atoms with Crippen molar-refractivity contribution < 1.29 is 4.39 Å². The van der Waals surface area contributed by atoms with Gasteiger partial charge in [0.25, 0.3) is 0 Å². The normalized spacial score (nSPS) is 23.9. The molecule has 0 aromatic heterocycles. The molecule has 1 heteroatoms. The van der Waals surface area contributed by atoms with E-state index in [1.807, 2.05) is 6.07 Å². The summed E-state index contributed by atoms with van der Waals surface area (Å²) in [7, 11) is 0. The zero-order valence-corrected chi connectivity index (χ0v) is 19.1. The van der Waals surface area contributed by atoms with Crippen molar-refractivity contribution in [1.29, 1.82) is 0 Å². The van der Waals surface area contributed by atoms with Crippen molar-refractivity contribution in [2.24, 2.45) is 5.92 Å². The first-order valence-electron chi connectivity index (χ1n) is 12.6. The van der Waals surface area contributed by atoms with E-state index in [0.717, 1.165) is 37.2 Å². The summed E-state index contributed by atoms with van der Waals surface area (Å²) >= 11 is 0. The maximum absolute atomic E-state index is 15.2. The first kappa shape index (κ1) is 21.6. The van der Waals surface area contributed by atoms with E-state index in [0.29, 0.717) is 11.8 Å². The number of unbranched alkanes of at least 4 members (excludes halogenated alkanes) is 2. The molecule has 1 fully saturated rings. The van der Waals surface area contributed by atoms with Crippen LogP contribution in [0.1, 0.15) is 111 Å². The summed E-state index contributed by atoms with van der Waals surface area (Å²) in [4.78, 5) is 0. The summed E-state index contributed by atoms with van der Waals surface area (Å²) in [5.41, 5.74) is 6.51. The van der Waals surface area contributed by atoms with Crippen LogP contribution < -0.4 is 0 Å². The van der Waals surface area contributed by atoms with Crippen LogP contribution in [0.5, 0.6) is 0 Å². The second-order valence-electron chi connectivity index (χ2n) is 9.89. The van der Waals surface area contributed by atoms with E-state index in [-0.39, 0.29) is 5.82 Å². The summed E-state index contributed by atoms with van der Waals surface area (Å²) in [6.45, 7) is 4.49. The van der Waals surface area contributed by atoms with Crippen LogP contribution in [0.2, 0.25) is 0 Å². The van der Waals surface area contributed by atoms with E-state index in [1.54, 1.807) is 0 Å². The fourth-order valence-electron chi connectivity index (χ4n) is 5.89. The second-order valence-corrected chi connectivity index (χ2v) is 9.89. The van der Waals surface area contributed by atoms with Gasteiger partial charge in [-0.15, -0.1) is 0 Å². The van der Waals surface area contributed by atoms with Gasteiger partial charge in [-0.05, 0) is 103 Å². The molecule has 1 saturated carbocycles. The predicted molar refractivity (Wildman–Crippen MR) is 126 cm³/mol. The quantitative estimate of drug-likeness (QED) is 0.404. The third-order valence-electron chi connectivity index (χ3n) is 7.91. The lowest BCUT2D eigenvalue weighted by atomic mass is 9.76. The molecule has 1 unspecified atom stereocenters. The molecule has 2 aliphatic rings. The SMILES string of the molecule is CCCCCC1CCC(c2ccc(C3CCc4cc(CC)ccc4C3)c(F)c2)CC1. The average molecular weight is 407 g/mol. The van der Waals surface area contributed by atoms with Gasteiger partial charge in [-0.25, -0.2) is 4.39 Å². The van der Waals surface area contributed by atoms with Crippen LogP contribution in [-0.4, -0.2) is 0 Å². The van der Waals surface area contributed by atoms with E-state index >= 15 is 4.39 Å². The Kier molecular flexibility index (Phi) is 7.28. The number of hydrogen-bond acceptors (Lipinski definition) is 0. The molecule has 0 bridgehead atoms. The molecule has 0 saturated heterocycles. The molecule has 0 amide bonds. The monoisotopic (exact) mass is 406 g/mol. The van der Waals surface area contributed by atoms with E-state index in [1.165, 1.54) is 73.6 Å². The molecule has 1 atom stereocenters. The number of fused-ring (bicyclic) bond motifs is 1. The van der Waals surface area contributed by atoms with Crippen molar-refractivity contribution in [2.45, 2.75) is 103 Å². The summed E-state index contributed by atoms with van der Waals surface area (Å²) < 4.78 is 15.2. The molecule has 0 N–H and O–H groups in total. The number of aryl methyl sites for hydroxylation is 2. The van der Waals surface area contributed by atoms with Crippen molar-refractivity contribution in [2.75, 3.05) is 0 Å². The van der Waals surface area contributed by atoms with Crippen molar-refractivity contribution >= 4 is 0 Å². The van der Waals surface area contributed by atoms with Crippen molar-refractivity contribution in [3.8, 4) is 0 Å². The highest BCUT2D eigenvalue weighted by Gasteiger charge is 2.25. The first-order valence-corrected chi connectivity index (χ1v) is 12.6. The minimum atomic E-state index is 0.0381. The zero-order valence-electron chi connectivity index (χ0n) is 19.1. The van der Waals surface area contributed by atoms with Crippen LogP contribution in [0.15, 0.2) is 36.4 Å². The Morgan fingerprint density at radius 1 is 0.833 bits per heavy atom. The smallest absolute Gasteiger partial charge is 0.126 e. The molecular formula is C29H39F. The number of benzene rings is 2. The van der Waals surface area contributed by atoms with Gasteiger partial charge in [0.2, 0.25) is 0 Å². The van der Waals surface area contributed by atoms with Crippen LogP contribution >= 0.6 is 0 Å². The molecule has 4 rings (SSSR count). The topological polar surface area (TPSA) is 0 Å². The molecule has 0 spiro atoms. The third-order valence-corrected chi connectivity index (χ3v) is 7.91. The molecule has 0 nitrogen and oxygen atoms in total. The molecule has 0 heterocycles. The summed E-state index contributed by atoms with van der Waals surface area (Å²) in [5, 5.41) is 0. The number of rotatable bonds is 7. The van der Waals surface area contributed by atoms with Crippen LogP contribution in [0.25, 0.3) is 0 Å². The fourth-order valence-corrected chi connectivity index (χ4v) is 5.89. The Morgan fingerprint density at radius 2 is 1.67 bits per heavy atom. The van der Waals surface area contributed by atoms with Gasteiger partial charge in [0.15, 0.2) is 0 Å². The van der Waals surface area contributed by atoms with Crippen molar-refractivity contribution in [1.82, 2.24) is 0 Å². The van der Waals surface area contributed by atoms with E-state index < -0.39 is 0 Å². The summed E-state index contributed by atoms with van der Waals surface area (Å²) in [6, 6.07) is 13.1. The molecule has 0 radical (unpaired) electrons. The number of hydrogen-bond donors (Lipinski definition) is 0. The highest BCUT2D eigenvalue weighted by molar-refractivity contribution is 5.38. The molecule has 30 heavy (non-hydrogen) atoms. The van der Waals surface area contributed by atoms with E-state index in [9.17, 15) is 0 Å². The summed E-state index contributed by atoms with van der Waals surface area (Å²) in [5.74, 6) is 1.84. The molecule has 2 aliphatic carbocycles. The van der Waals surface area contributed by atoms with Gasteiger partial charge < -0.3 is 0 Å². The lowest BCUT2D eigenvalue weighted by molar-refractivity contribution is 0.302. The first-order chi connectivity index (χ1) is 14.7. The van der Waals surface area contributed by atoms with Gasteiger partial charge in [-0.1, -0.05) is 69.9 Å². The van der Waals surface area contributed by atoms with Gasteiger partial charge in [-0.2, -0.15) is 0 Å². The van der Waals surface area contributed by atoms with Gasteiger partial charge in [-0.3, -0.25) is 0 Å². The maximum Gasteiger partial charge on any atom is 0.126 e. The van der Waals surface area contributed by atoms with Crippen LogP contribution in [0.4, 0.5) is 4.39 Å². The molecule has 2 aromatic rings. The standard InChI is InChI=1S/C29H39F/c1-3-5-6-7-22-9-11-23(12-10-22)26-16-17-28(29(30)20-26)27-15-14-24-18-21(4-2)8-13-25(24)19-27/h8,13,16-18,20,22-23,27H,3-7,9-12,14-15,19H2,1-2H3. The Hall–Kier alpha value is -1.63. The highest BCUT2D eigenvalue weighted by Crippen LogP contribution is 2.40. The van der Waals surface area contributed by atoms with E-state index in [2.05, 4.69) is 44.2 Å². The maximum atomic E-state index is 15.2. The predicted octanol–water partition coefficient (Wildman–Crippen LogP) is 8.51. The van der Waals surface area contributed by atoms with E-state index in [4.69, 9.17) is 0 Å². The lowest BCUT2D eigenvalue weighted by Crippen LogP contribution is -2.16. The fraction of sp³-hybridized carbons (Fsp3) is 0.586. The van der Waals surface area contributed by atoms with Gasteiger partial charge in [0, 0.05) is 0 Å². The molecule has 0 aliphatic heterocycles. The Labute approximate surface area is 183 Å². The van der Waals surface area contributed by atoms with Gasteiger partial charge in [0.1, 0.15) is 5.82 Å². The van der Waals surface area contributed by atoms with Gasteiger partial charge in [0.05, 0.1) is 0 Å². The lowest BCUT2D eigenvalue weighted by Gasteiger charge is -2.30. The largest absolute Gasteiger partial charge is 0.207 e. The van der Waals surface area contributed by atoms with Crippen LogP contribution in [0.3, 0.4) is 0 Å². The minimum Gasteiger partial charge on any atom is -0.207 e. The molecule has 162 valence electrons. The summed E-state index contributed by atoms with van der Waals surface area (Å²) in [6.07, 6.45) is 14.8. The van der Waals surface area contributed by atoms with Crippen molar-refractivity contribution in [3.63, 3.8) is 0 Å². The Morgan fingerprint density at radius 3 is 2.40 bits per heavy atom. The average Bonchev–Trinajstić information content (AvgIpc) is 2.79. The second kappa shape index (κ2) is 10.1. The Bertz CT molecular complexity index is 828.